The Balaban J connectivity index is 3.94. The van der Waals surface area contributed by atoms with Crippen molar-refractivity contribution in [2.45, 2.75) is 72.0 Å². The average molecular weight is 389 g/mol. The molecule has 3 N–H and O–H groups in total. The molecule has 9 heteroatoms. The number of ether oxygens (including phenoxy) is 2. The monoisotopic (exact) mass is 389 g/mol. The van der Waals surface area contributed by atoms with Gasteiger partial charge in [0.15, 0.2) is 0 Å². The predicted molar refractivity (Wildman–Crippen MR) is 102 cm³/mol. The van der Waals surface area contributed by atoms with Crippen LogP contribution in [0.4, 0.5) is 14.4 Å². The molecule has 0 spiro atoms. The number of hydrogen-bond acceptors (Lipinski definition) is 5. The SMILES string of the molecule is CC(C)(C)OC(=O)NCCCCN(CCCNC(=O)OC(C)(C)C)C(=O)O. The first kappa shape index (κ1) is 24.8. The van der Waals surface area contributed by atoms with E-state index in [1.54, 1.807) is 41.5 Å². The van der Waals surface area contributed by atoms with Crippen molar-refractivity contribution in [3.63, 3.8) is 0 Å². The van der Waals surface area contributed by atoms with Crippen molar-refractivity contribution >= 4 is 18.3 Å². The van der Waals surface area contributed by atoms with Crippen LogP contribution in [0.25, 0.3) is 0 Å². The van der Waals surface area contributed by atoms with Gasteiger partial charge in [-0.25, -0.2) is 14.4 Å². The second-order valence-corrected chi connectivity index (χ2v) is 8.19. The lowest BCUT2D eigenvalue weighted by atomic mass is 10.2. The smallest absolute Gasteiger partial charge is 0.407 e. The van der Waals surface area contributed by atoms with Gasteiger partial charge < -0.3 is 30.1 Å². The molecular weight excluding hydrogens is 354 g/mol. The number of hydrogen-bond donors (Lipinski definition) is 3. The highest BCUT2D eigenvalue weighted by atomic mass is 16.6. The number of carboxylic acid groups (broad SMARTS) is 1. The maximum absolute atomic E-state index is 11.5. The van der Waals surface area contributed by atoms with Crippen molar-refractivity contribution < 1.29 is 29.0 Å². The molecule has 0 aliphatic carbocycles. The summed E-state index contributed by atoms with van der Waals surface area (Å²) in [5.41, 5.74) is -1.11. The van der Waals surface area contributed by atoms with Gasteiger partial charge in [0.2, 0.25) is 0 Å². The minimum absolute atomic E-state index is 0.310. The Morgan fingerprint density at radius 2 is 1.19 bits per heavy atom. The lowest BCUT2D eigenvalue weighted by Gasteiger charge is -2.21. The zero-order chi connectivity index (χ0) is 21.1. The summed E-state index contributed by atoms with van der Waals surface area (Å²) in [6.07, 6.45) is -0.265. The molecule has 9 nitrogen and oxygen atoms in total. The molecule has 0 aliphatic rings. The number of amides is 3. The van der Waals surface area contributed by atoms with Gasteiger partial charge in [-0.2, -0.15) is 0 Å². The van der Waals surface area contributed by atoms with Crippen LogP contribution in [0.1, 0.15) is 60.8 Å². The molecule has 0 saturated carbocycles. The third kappa shape index (κ3) is 15.8. The summed E-state index contributed by atoms with van der Waals surface area (Å²) < 4.78 is 10.2. The molecule has 0 rings (SSSR count). The van der Waals surface area contributed by atoms with Crippen molar-refractivity contribution in [3.8, 4) is 0 Å². The minimum atomic E-state index is -1.01. The molecular formula is C18H35N3O6. The first-order valence-corrected chi connectivity index (χ1v) is 9.22. The molecule has 0 unspecified atom stereocenters. The third-order valence-corrected chi connectivity index (χ3v) is 3.07. The summed E-state index contributed by atoms with van der Waals surface area (Å²) in [5.74, 6) is 0. The fourth-order valence-electron chi connectivity index (χ4n) is 2.01. The molecule has 0 saturated heterocycles. The second-order valence-electron chi connectivity index (χ2n) is 8.19. The Bertz CT molecular complexity index is 482. The van der Waals surface area contributed by atoms with E-state index >= 15 is 0 Å². The lowest BCUT2D eigenvalue weighted by molar-refractivity contribution is 0.0513. The zero-order valence-corrected chi connectivity index (χ0v) is 17.4. The Labute approximate surface area is 161 Å². The lowest BCUT2D eigenvalue weighted by Crippen LogP contribution is -2.36. The Kier molecular flexibility index (Phi) is 10.6. The maximum Gasteiger partial charge on any atom is 0.407 e. The quantitative estimate of drug-likeness (QED) is 0.521. The number of nitrogens with one attached hydrogen (secondary N) is 2. The van der Waals surface area contributed by atoms with E-state index in [0.717, 1.165) is 0 Å². The number of carbonyl (C=O) groups excluding carboxylic acids is 2. The topological polar surface area (TPSA) is 117 Å². The van der Waals surface area contributed by atoms with Crippen molar-refractivity contribution in [3.05, 3.63) is 0 Å². The van der Waals surface area contributed by atoms with Crippen LogP contribution in [0, 0.1) is 0 Å². The van der Waals surface area contributed by atoms with E-state index < -0.39 is 29.5 Å². The molecule has 3 amide bonds. The number of alkyl carbamates (subject to hydrolysis) is 2. The van der Waals surface area contributed by atoms with E-state index in [2.05, 4.69) is 10.6 Å². The highest BCUT2D eigenvalue weighted by molar-refractivity contribution is 5.68. The summed E-state index contributed by atoms with van der Waals surface area (Å²) in [4.78, 5) is 35.6. The minimum Gasteiger partial charge on any atom is -0.465 e. The number of unbranched alkanes of at least 4 members (excludes halogenated alkanes) is 1. The third-order valence-electron chi connectivity index (χ3n) is 3.07. The summed E-state index contributed by atoms with van der Waals surface area (Å²) in [7, 11) is 0. The van der Waals surface area contributed by atoms with Crippen molar-refractivity contribution in [1.29, 1.82) is 0 Å². The number of carbonyl (C=O) groups is 3. The van der Waals surface area contributed by atoms with Crippen molar-refractivity contribution in [2.24, 2.45) is 0 Å². The second kappa shape index (κ2) is 11.5. The maximum atomic E-state index is 11.5. The zero-order valence-electron chi connectivity index (χ0n) is 17.4. The molecule has 0 aromatic rings. The first-order chi connectivity index (χ1) is 12.3. The largest absolute Gasteiger partial charge is 0.465 e. The molecule has 0 bridgehead atoms. The highest BCUT2D eigenvalue weighted by Crippen LogP contribution is 2.07. The van der Waals surface area contributed by atoms with Gasteiger partial charge in [-0.1, -0.05) is 0 Å². The standard InChI is InChI=1S/C18H35N3O6/c1-17(2,3)26-14(22)19-10-7-8-12-21(16(24)25)13-9-11-20-15(23)27-18(4,5)6/h7-13H2,1-6H3,(H,19,22)(H,20,23)(H,24,25). The summed E-state index contributed by atoms with van der Waals surface area (Å²) >= 11 is 0. The predicted octanol–water partition coefficient (Wildman–Crippen LogP) is 3.19. The van der Waals surface area contributed by atoms with E-state index in [1.807, 2.05) is 0 Å². The van der Waals surface area contributed by atoms with Crippen LogP contribution in [0.3, 0.4) is 0 Å². The van der Waals surface area contributed by atoms with Gasteiger partial charge in [0.05, 0.1) is 0 Å². The van der Waals surface area contributed by atoms with Gasteiger partial charge in [0.1, 0.15) is 11.2 Å². The fraction of sp³-hybridized carbons (Fsp3) is 0.833. The fourth-order valence-corrected chi connectivity index (χ4v) is 2.01. The molecule has 158 valence electrons. The summed E-state index contributed by atoms with van der Waals surface area (Å²) in [5, 5.41) is 14.5. The van der Waals surface area contributed by atoms with Gasteiger partial charge in [-0.05, 0) is 60.8 Å². The van der Waals surface area contributed by atoms with E-state index in [4.69, 9.17) is 9.47 Å². The highest BCUT2D eigenvalue weighted by Gasteiger charge is 2.17. The first-order valence-electron chi connectivity index (χ1n) is 9.22. The molecule has 0 aromatic carbocycles. The summed E-state index contributed by atoms with van der Waals surface area (Å²) in [6, 6.07) is 0. The average Bonchev–Trinajstić information content (AvgIpc) is 2.44. The van der Waals surface area contributed by atoms with Crippen LogP contribution in [0.15, 0.2) is 0 Å². The molecule has 0 fully saturated rings. The van der Waals surface area contributed by atoms with Crippen LogP contribution in [-0.2, 0) is 9.47 Å². The molecule has 27 heavy (non-hydrogen) atoms. The molecule has 0 aromatic heterocycles. The van der Waals surface area contributed by atoms with E-state index in [9.17, 15) is 19.5 Å². The Morgan fingerprint density at radius 1 is 0.778 bits per heavy atom. The Morgan fingerprint density at radius 3 is 1.59 bits per heavy atom. The van der Waals surface area contributed by atoms with Gasteiger partial charge in [0, 0.05) is 26.2 Å². The van der Waals surface area contributed by atoms with Crippen molar-refractivity contribution in [2.75, 3.05) is 26.2 Å². The van der Waals surface area contributed by atoms with Gasteiger partial charge in [0.25, 0.3) is 0 Å². The summed E-state index contributed by atoms with van der Waals surface area (Å²) in [6.45, 7) is 12.1. The Hall–Kier alpha value is -2.19. The molecule has 0 aliphatic heterocycles. The number of rotatable bonds is 9. The van der Waals surface area contributed by atoms with Crippen molar-refractivity contribution in [1.82, 2.24) is 15.5 Å². The van der Waals surface area contributed by atoms with Gasteiger partial charge >= 0.3 is 18.3 Å². The normalized spacial score (nSPS) is 11.5. The molecule has 0 atom stereocenters. The van der Waals surface area contributed by atoms with E-state index in [0.29, 0.717) is 45.4 Å². The van der Waals surface area contributed by atoms with Crippen LogP contribution < -0.4 is 10.6 Å². The number of nitrogens with zero attached hydrogens (tertiary/aromatic N) is 1. The molecule has 0 radical (unpaired) electrons. The van der Waals surface area contributed by atoms with E-state index in [-0.39, 0.29) is 0 Å². The van der Waals surface area contributed by atoms with Gasteiger partial charge in [-0.3, -0.25) is 0 Å². The van der Waals surface area contributed by atoms with Gasteiger partial charge in [-0.15, -0.1) is 0 Å². The van der Waals surface area contributed by atoms with Crippen LogP contribution in [0.5, 0.6) is 0 Å². The van der Waals surface area contributed by atoms with Crippen LogP contribution in [-0.4, -0.2) is 65.7 Å². The van der Waals surface area contributed by atoms with Crippen LogP contribution >= 0.6 is 0 Å². The van der Waals surface area contributed by atoms with Crippen LogP contribution in [0.2, 0.25) is 0 Å². The molecule has 0 heterocycles. The van der Waals surface area contributed by atoms with E-state index in [1.165, 1.54) is 4.90 Å².